The Bertz CT molecular complexity index is 493. The van der Waals surface area contributed by atoms with E-state index in [1.54, 1.807) is 0 Å². The molecule has 110 valence electrons. The molecule has 1 aromatic rings. The minimum Gasteiger partial charge on any atom is -0.482 e. The monoisotopic (exact) mass is 344 g/mol. The molecule has 0 aliphatic carbocycles. The Labute approximate surface area is 125 Å². The van der Waals surface area contributed by atoms with Gasteiger partial charge < -0.3 is 10.1 Å². The lowest BCUT2D eigenvalue weighted by Gasteiger charge is -2.13. The van der Waals surface area contributed by atoms with Crippen LogP contribution in [0.3, 0.4) is 0 Å². The molecule has 7 heteroatoms. The summed E-state index contributed by atoms with van der Waals surface area (Å²) in [6, 6.07) is 4.25. The van der Waals surface area contributed by atoms with Gasteiger partial charge in [-0.3, -0.25) is 14.9 Å². The summed E-state index contributed by atoms with van der Waals surface area (Å²) in [6.45, 7) is 3.79. The predicted octanol–water partition coefficient (Wildman–Crippen LogP) is 3.04. The largest absolute Gasteiger partial charge is 0.482 e. The van der Waals surface area contributed by atoms with Crippen LogP contribution in [0.2, 0.25) is 0 Å². The molecule has 20 heavy (non-hydrogen) atoms. The third-order valence-corrected chi connectivity index (χ3v) is 3.27. The summed E-state index contributed by atoms with van der Waals surface area (Å²) < 4.78 is 5.87. The third-order valence-electron chi connectivity index (χ3n) is 2.61. The van der Waals surface area contributed by atoms with Crippen LogP contribution in [0.4, 0.5) is 5.69 Å². The van der Waals surface area contributed by atoms with E-state index in [2.05, 4.69) is 21.2 Å². The lowest BCUT2D eigenvalue weighted by Crippen LogP contribution is -2.35. The SMILES string of the molecule is CCCC(C)NC(=O)COc1cc([N+](=O)[O-])ccc1Br. The highest BCUT2D eigenvalue weighted by atomic mass is 79.9. The van der Waals surface area contributed by atoms with Gasteiger partial charge in [0.05, 0.1) is 15.5 Å². The fourth-order valence-electron chi connectivity index (χ4n) is 1.68. The van der Waals surface area contributed by atoms with Gasteiger partial charge in [0, 0.05) is 12.1 Å². The fourth-order valence-corrected chi connectivity index (χ4v) is 2.04. The highest BCUT2D eigenvalue weighted by Gasteiger charge is 2.12. The average molecular weight is 345 g/mol. The van der Waals surface area contributed by atoms with Crippen molar-refractivity contribution in [2.24, 2.45) is 0 Å². The first-order valence-electron chi connectivity index (χ1n) is 6.30. The van der Waals surface area contributed by atoms with E-state index >= 15 is 0 Å². The second kappa shape index (κ2) is 7.84. The van der Waals surface area contributed by atoms with E-state index in [1.165, 1.54) is 18.2 Å². The molecule has 1 amide bonds. The van der Waals surface area contributed by atoms with E-state index in [9.17, 15) is 14.9 Å². The highest BCUT2D eigenvalue weighted by molar-refractivity contribution is 9.10. The Morgan fingerprint density at radius 1 is 1.55 bits per heavy atom. The number of benzene rings is 1. The second-order valence-corrected chi connectivity index (χ2v) is 5.27. The van der Waals surface area contributed by atoms with Crippen LogP contribution in [0.25, 0.3) is 0 Å². The zero-order valence-electron chi connectivity index (χ0n) is 11.4. The Morgan fingerprint density at radius 3 is 2.85 bits per heavy atom. The van der Waals surface area contributed by atoms with Gasteiger partial charge in [-0.05, 0) is 35.3 Å². The second-order valence-electron chi connectivity index (χ2n) is 4.42. The first kappa shape index (κ1) is 16.4. The van der Waals surface area contributed by atoms with Crippen molar-refractivity contribution in [1.29, 1.82) is 0 Å². The standard InChI is InChI=1S/C13H17BrN2O4/c1-3-4-9(2)15-13(17)8-20-12-7-10(16(18)19)5-6-11(12)14/h5-7,9H,3-4,8H2,1-2H3,(H,15,17). The van der Waals surface area contributed by atoms with Gasteiger partial charge in [0.25, 0.3) is 11.6 Å². The number of non-ortho nitro benzene ring substituents is 1. The predicted molar refractivity (Wildman–Crippen MR) is 78.8 cm³/mol. The number of ether oxygens (including phenoxy) is 1. The summed E-state index contributed by atoms with van der Waals surface area (Å²) in [5, 5.41) is 13.5. The molecule has 0 saturated carbocycles. The number of halogens is 1. The molecular formula is C13H17BrN2O4. The first-order chi connectivity index (χ1) is 9.43. The molecule has 1 N–H and O–H groups in total. The molecule has 1 rings (SSSR count). The maximum atomic E-state index is 11.6. The van der Waals surface area contributed by atoms with Crippen LogP contribution in [0.15, 0.2) is 22.7 Å². The van der Waals surface area contributed by atoms with E-state index in [0.717, 1.165) is 12.8 Å². The van der Waals surface area contributed by atoms with Crippen LogP contribution in [0, 0.1) is 10.1 Å². The Hall–Kier alpha value is -1.63. The van der Waals surface area contributed by atoms with E-state index in [1.807, 2.05) is 13.8 Å². The smallest absolute Gasteiger partial charge is 0.273 e. The van der Waals surface area contributed by atoms with Crippen molar-refractivity contribution in [3.63, 3.8) is 0 Å². The number of amides is 1. The normalized spacial score (nSPS) is 11.8. The molecular weight excluding hydrogens is 328 g/mol. The molecule has 0 bridgehead atoms. The van der Waals surface area contributed by atoms with Gasteiger partial charge in [-0.15, -0.1) is 0 Å². The van der Waals surface area contributed by atoms with Crippen molar-refractivity contribution in [3.8, 4) is 5.75 Å². The zero-order chi connectivity index (χ0) is 15.1. The van der Waals surface area contributed by atoms with Gasteiger partial charge in [0.15, 0.2) is 6.61 Å². The van der Waals surface area contributed by atoms with Gasteiger partial charge in [-0.1, -0.05) is 13.3 Å². The van der Waals surface area contributed by atoms with E-state index < -0.39 is 4.92 Å². The van der Waals surface area contributed by atoms with Gasteiger partial charge in [0.2, 0.25) is 0 Å². The fraction of sp³-hybridized carbons (Fsp3) is 0.462. The number of rotatable bonds is 7. The summed E-state index contributed by atoms with van der Waals surface area (Å²) in [7, 11) is 0. The number of carbonyl (C=O) groups is 1. The minimum absolute atomic E-state index is 0.0806. The van der Waals surface area contributed by atoms with Crippen LogP contribution < -0.4 is 10.1 Å². The van der Waals surface area contributed by atoms with Crippen LogP contribution in [0.5, 0.6) is 5.75 Å². The highest BCUT2D eigenvalue weighted by Crippen LogP contribution is 2.29. The quantitative estimate of drug-likeness (QED) is 0.608. The van der Waals surface area contributed by atoms with Gasteiger partial charge in [0.1, 0.15) is 5.75 Å². The minimum atomic E-state index is -0.511. The molecule has 0 aliphatic rings. The molecule has 0 fully saturated rings. The summed E-state index contributed by atoms with van der Waals surface area (Å²) in [6.07, 6.45) is 1.88. The van der Waals surface area contributed by atoms with Crippen LogP contribution in [-0.2, 0) is 4.79 Å². The number of nitro benzene ring substituents is 1. The molecule has 0 spiro atoms. The Morgan fingerprint density at radius 2 is 2.25 bits per heavy atom. The van der Waals surface area contributed by atoms with Crippen molar-refractivity contribution in [3.05, 3.63) is 32.8 Å². The van der Waals surface area contributed by atoms with Crippen LogP contribution >= 0.6 is 15.9 Å². The molecule has 0 aliphatic heterocycles. The number of hydrogen-bond donors (Lipinski definition) is 1. The number of nitrogens with zero attached hydrogens (tertiary/aromatic N) is 1. The lowest BCUT2D eigenvalue weighted by atomic mass is 10.2. The molecule has 0 heterocycles. The van der Waals surface area contributed by atoms with E-state index in [4.69, 9.17) is 4.74 Å². The van der Waals surface area contributed by atoms with E-state index in [-0.39, 0.29) is 30.0 Å². The maximum Gasteiger partial charge on any atom is 0.273 e. The average Bonchev–Trinajstić information content (AvgIpc) is 2.37. The van der Waals surface area contributed by atoms with Gasteiger partial charge in [-0.2, -0.15) is 0 Å². The zero-order valence-corrected chi connectivity index (χ0v) is 13.0. The number of hydrogen-bond acceptors (Lipinski definition) is 4. The summed E-state index contributed by atoms with van der Waals surface area (Å²) >= 11 is 3.23. The van der Waals surface area contributed by atoms with Crippen molar-refractivity contribution in [2.45, 2.75) is 32.7 Å². The number of carbonyl (C=O) groups excluding carboxylic acids is 1. The molecule has 6 nitrogen and oxygen atoms in total. The first-order valence-corrected chi connectivity index (χ1v) is 7.09. The van der Waals surface area contributed by atoms with Crippen LogP contribution in [-0.4, -0.2) is 23.5 Å². The van der Waals surface area contributed by atoms with Crippen molar-refractivity contribution < 1.29 is 14.5 Å². The van der Waals surface area contributed by atoms with Gasteiger partial charge >= 0.3 is 0 Å². The Balaban J connectivity index is 2.59. The number of nitro groups is 1. The molecule has 0 aromatic heterocycles. The topological polar surface area (TPSA) is 81.5 Å². The van der Waals surface area contributed by atoms with Gasteiger partial charge in [-0.25, -0.2) is 0 Å². The van der Waals surface area contributed by atoms with Crippen molar-refractivity contribution >= 4 is 27.5 Å². The maximum absolute atomic E-state index is 11.6. The third kappa shape index (κ3) is 5.16. The summed E-state index contributed by atoms with van der Waals surface area (Å²) in [5.41, 5.74) is -0.0806. The van der Waals surface area contributed by atoms with Crippen molar-refractivity contribution in [1.82, 2.24) is 5.32 Å². The Kier molecular flexibility index (Phi) is 6.44. The van der Waals surface area contributed by atoms with E-state index in [0.29, 0.717) is 4.47 Å². The number of nitrogens with one attached hydrogen (secondary N) is 1. The van der Waals surface area contributed by atoms with Crippen LogP contribution in [0.1, 0.15) is 26.7 Å². The summed E-state index contributed by atoms with van der Waals surface area (Å²) in [4.78, 5) is 21.8. The molecule has 1 unspecified atom stereocenters. The molecule has 0 saturated heterocycles. The van der Waals surface area contributed by atoms with Crippen molar-refractivity contribution in [2.75, 3.05) is 6.61 Å². The summed E-state index contributed by atoms with van der Waals surface area (Å²) in [5.74, 6) is 0.0295. The lowest BCUT2D eigenvalue weighted by molar-refractivity contribution is -0.385. The molecule has 1 atom stereocenters. The molecule has 1 aromatic carbocycles. The molecule has 0 radical (unpaired) electrons.